The number of likely N-dealkylation sites (N-methyl/N-ethyl adjacent to an activating group) is 1. The van der Waals surface area contributed by atoms with Crippen LogP contribution < -0.4 is 10.6 Å². The second kappa shape index (κ2) is 10.6. The molecule has 0 radical (unpaired) electrons. The quantitative estimate of drug-likeness (QED) is 0.459. The average Bonchev–Trinajstić information content (AvgIpc) is 3.07. The highest BCUT2D eigenvalue weighted by Crippen LogP contribution is 2.26. The van der Waals surface area contributed by atoms with Gasteiger partial charge in [-0.25, -0.2) is 4.39 Å². The van der Waals surface area contributed by atoms with Gasteiger partial charge in [-0.15, -0.1) is 11.3 Å². The van der Waals surface area contributed by atoms with Crippen molar-refractivity contribution in [2.24, 2.45) is 4.99 Å². The second-order valence-corrected chi connectivity index (χ2v) is 8.04. The van der Waals surface area contributed by atoms with Gasteiger partial charge in [-0.1, -0.05) is 23.7 Å². The smallest absolute Gasteiger partial charge is 0.191 e. The van der Waals surface area contributed by atoms with Crippen LogP contribution in [0.25, 0.3) is 0 Å². The Hall–Kier alpha value is -1.67. The number of guanidine groups is 1. The van der Waals surface area contributed by atoms with Crippen LogP contribution in [0.1, 0.15) is 29.5 Å². The molecule has 1 aromatic carbocycles. The maximum Gasteiger partial charge on any atom is 0.191 e. The monoisotopic (exact) mass is 412 g/mol. The van der Waals surface area contributed by atoms with Gasteiger partial charge in [-0.05, 0) is 50.8 Å². The largest absolute Gasteiger partial charge is 0.386 e. The molecule has 2 atom stereocenters. The van der Waals surface area contributed by atoms with E-state index in [1.54, 1.807) is 18.2 Å². The van der Waals surface area contributed by atoms with E-state index in [0.29, 0.717) is 29.9 Å². The van der Waals surface area contributed by atoms with Crippen LogP contribution in [0.4, 0.5) is 4.39 Å². The van der Waals surface area contributed by atoms with Gasteiger partial charge < -0.3 is 20.6 Å². The number of rotatable bonds is 8. The number of hydrogen-bond acceptors (Lipinski definition) is 4. The Morgan fingerprint density at radius 2 is 1.93 bits per heavy atom. The summed E-state index contributed by atoms with van der Waals surface area (Å²) < 4.78 is 13.8. The molecule has 0 saturated carbocycles. The van der Waals surface area contributed by atoms with Gasteiger partial charge in [0.05, 0.1) is 16.9 Å². The predicted octanol–water partition coefficient (Wildman–Crippen LogP) is 3.43. The minimum Gasteiger partial charge on any atom is -0.386 e. The molecule has 5 nitrogen and oxygen atoms in total. The predicted molar refractivity (Wildman–Crippen MR) is 111 cm³/mol. The van der Waals surface area contributed by atoms with Gasteiger partial charge in [0.1, 0.15) is 11.9 Å². The first-order chi connectivity index (χ1) is 12.9. The van der Waals surface area contributed by atoms with Crippen molar-refractivity contribution in [3.8, 4) is 0 Å². The van der Waals surface area contributed by atoms with Gasteiger partial charge in [0.25, 0.3) is 0 Å². The Labute approximate surface area is 168 Å². The maximum absolute atomic E-state index is 13.2. The normalized spacial score (nSPS) is 14.3. The molecule has 2 aromatic rings. The van der Waals surface area contributed by atoms with E-state index in [2.05, 4.69) is 15.6 Å². The molecule has 0 aliphatic heterocycles. The van der Waals surface area contributed by atoms with Crippen molar-refractivity contribution in [2.45, 2.75) is 19.1 Å². The number of thiophene rings is 1. The zero-order valence-corrected chi connectivity index (χ0v) is 17.3. The number of aliphatic hydroxyl groups excluding tert-OH is 1. The number of nitrogens with zero attached hydrogens (tertiary/aromatic N) is 2. The molecule has 0 spiro atoms. The zero-order chi connectivity index (χ0) is 19.8. The van der Waals surface area contributed by atoms with Gasteiger partial charge in [0.15, 0.2) is 5.96 Å². The van der Waals surface area contributed by atoms with E-state index < -0.39 is 6.10 Å². The summed E-state index contributed by atoms with van der Waals surface area (Å²) in [5, 5.41) is 16.6. The fourth-order valence-electron chi connectivity index (χ4n) is 2.57. The van der Waals surface area contributed by atoms with E-state index in [-0.39, 0.29) is 11.9 Å². The number of aliphatic imine (C=N–C) groups is 1. The molecule has 148 valence electrons. The number of hydrogen-bond donors (Lipinski definition) is 3. The van der Waals surface area contributed by atoms with Crippen LogP contribution in [0.15, 0.2) is 41.4 Å². The van der Waals surface area contributed by atoms with Crippen molar-refractivity contribution >= 4 is 28.9 Å². The lowest BCUT2D eigenvalue weighted by Crippen LogP contribution is -2.40. The van der Waals surface area contributed by atoms with E-state index >= 15 is 0 Å². The van der Waals surface area contributed by atoms with Crippen LogP contribution in [-0.2, 0) is 0 Å². The van der Waals surface area contributed by atoms with E-state index in [9.17, 15) is 9.50 Å². The van der Waals surface area contributed by atoms with Crippen LogP contribution in [-0.4, -0.2) is 49.7 Å². The lowest BCUT2D eigenvalue weighted by atomic mass is 10.1. The summed E-state index contributed by atoms with van der Waals surface area (Å²) in [6.45, 7) is 3.51. The first-order valence-corrected chi connectivity index (χ1v) is 9.97. The highest BCUT2D eigenvalue weighted by molar-refractivity contribution is 7.16. The minimum absolute atomic E-state index is 0.0158. The number of benzene rings is 1. The first-order valence-electron chi connectivity index (χ1n) is 8.78. The molecule has 1 aromatic heterocycles. The Morgan fingerprint density at radius 1 is 1.22 bits per heavy atom. The molecule has 0 aliphatic carbocycles. The van der Waals surface area contributed by atoms with Gasteiger partial charge >= 0.3 is 0 Å². The van der Waals surface area contributed by atoms with Crippen LogP contribution in [0.2, 0.25) is 4.34 Å². The van der Waals surface area contributed by atoms with Gasteiger partial charge in [-0.3, -0.25) is 4.99 Å². The zero-order valence-electron chi connectivity index (χ0n) is 15.7. The number of aliphatic hydroxyl groups is 1. The van der Waals surface area contributed by atoms with Crippen LogP contribution in [0.5, 0.6) is 0 Å². The lowest BCUT2D eigenvalue weighted by molar-refractivity contribution is 0.184. The van der Waals surface area contributed by atoms with Gasteiger partial charge in [0, 0.05) is 18.0 Å². The van der Waals surface area contributed by atoms with Crippen molar-refractivity contribution in [1.29, 1.82) is 0 Å². The Balaban J connectivity index is 2.02. The van der Waals surface area contributed by atoms with Crippen molar-refractivity contribution < 1.29 is 9.50 Å². The van der Waals surface area contributed by atoms with Crippen LogP contribution >= 0.6 is 22.9 Å². The molecule has 0 aliphatic rings. The topological polar surface area (TPSA) is 59.9 Å². The van der Waals surface area contributed by atoms with Gasteiger partial charge in [-0.2, -0.15) is 0 Å². The summed E-state index contributed by atoms with van der Waals surface area (Å²) in [7, 11) is 3.93. The molecule has 0 saturated heterocycles. The average molecular weight is 413 g/mol. The number of nitrogens with one attached hydrogen (secondary N) is 2. The molecular weight excluding hydrogens is 387 g/mol. The Morgan fingerprint density at radius 3 is 2.48 bits per heavy atom. The summed E-state index contributed by atoms with van der Waals surface area (Å²) in [5.41, 5.74) is 0.995. The molecule has 8 heteroatoms. The van der Waals surface area contributed by atoms with E-state index in [1.165, 1.54) is 23.5 Å². The molecule has 2 rings (SSSR count). The molecule has 0 bridgehead atoms. The molecule has 27 heavy (non-hydrogen) atoms. The minimum atomic E-state index is -0.659. The number of halogens is 2. The second-order valence-electron chi connectivity index (χ2n) is 6.29. The highest BCUT2D eigenvalue weighted by Gasteiger charge is 2.15. The van der Waals surface area contributed by atoms with Crippen molar-refractivity contribution in [3.05, 3.63) is 57.0 Å². The molecule has 3 N–H and O–H groups in total. The maximum atomic E-state index is 13.2. The fraction of sp³-hybridized carbons (Fsp3) is 0.421. The Kier molecular flexibility index (Phi) is 8.50. The summed E-state index contributed by atoms with van der Waals surface area (Å²) >= 11 is 7.28. The molecule has 0 amide bonds. The van der Waals surface area contributed by atoms with E-state index in [4.69, 9.17) is 11.6 Å². The van der Waals surface area contributed by atoms with Gasteiger partial charge in [0.2, 0.25) is 0 Å². The molecule has 2 unspecified atom stereocenters. The fourth-order valence-corrected chi connectivity index (χ4v) is 3.62. The van der Waals surface area contributed by atoms with E-state index in [0.717, 1.165) is 10.4 Å². The summed E-state index contributed by atoms with van der Waals surface area (Å²) in [5.74, 6) is 0.366. The van der Waals surface area contributed by atoms with Crippen molar-refractivity contribution in [3.63, 3.8) is 0 Å². The lowest BCUT2D eigenvalue weighted by Gasteiger charge is -2.24. The third kappa shape index (κ3) is 6.77. The first kappa shape index (κ1) is 21.6. The third-order valence-corrected chi connectivity index (χ3v) is 5.36. The SMILES string of the molecule is CCNC(=NCC(c1ccc(F)cc1)N(C)C)NCC(O)c1ccc(Cl)s1. The third-order valence-electron chi connectivity index (χ3n) is 4.03. The van der Waals surface area contributed by atoms with Crippen LogP contribution in [0.3, 0.4) is 0 Å². The summed E-state index contributed by atoms with van der Waals surface area (Å²) in [6.07, 6.45) is -0.659. The van der Waals surface area contributed by atoms with Crippen molar-refractivity contribution in [2.75, 3.05) is 33.7 Å². The summed E-state index contributed by atoms with van der Waals surface area (Å²) in [4.78, 5) is 7.48. The molecule has 0 fully saturated rings. The summed E-state index contributed by atoms with van der Waals surface area (Å²) in [6, 6.07) is 10.1. The highest BCUT2D eigenvalue weighted by atomic mass is 35.5. The van der Waals surface area contributed by atoms with Crippen LogP contribution in [0, 0.1) is 5.82 Å². The van der Waals surface area contributed by atoms with E-state index in [1.807, 2.05) is 32.0 Å². The standard InChI is InChI=1S/C19H26ClFN4OS/c1-4-22-19(24-12-16(26)17-9-10-18(20)27-17)23-11-15(25(2)3)13-5-7-14(21)8-6-13/h5-10,15-16,26H,4,11-12H2,1-3H3,(H2,22,23,24). The molecular formula is C19H26ClFN4OS. The van der Waals surface area contributed by atoms with Crippen molar-refractivity contribution in [1.82, 2.24) is 15.5 Å². The Bertz CT molecular complexity index is 736. The molecule has 1 heterocycles.